The minimum absolute atomic E-state index is 0.124. The van der Waals surface area contributed by atoms with E-state index >= 15 is 0 Å². The zero-order chi connectivity index (χ0) is 31.4. The highest BCUT2D eigenvalue weighted by Crippen LogP contribution is 2.39. The summed E-state index contributed by atoms with van der Waals surface area (Å²) in [5.74, 6) is 0.810. The lowest BCUT2D eigenvalue weighted by atomic mass is 9.86. The number of hydrogen-bond donors (Lipinski definition) is 0. The molecule has 44 heavy (non-hydrogen) atoms. The Kier molecular flexibility index (Phi) is 9.63. The van der Waals surface area contributed by atoms with Gasteiger partial charge < -0.3 is 29.2 Å². The zero-order valence-electron chi connectivity index (χ0n) is 25.4. The SMILES string of the molecule is [C-]#[N+]CC1CN(c2nc(OCC3CCCC(N(C)C)C3)nc3c2CCN(c2ccccc2C(F)(F)F)C3)CCN1C(=O)C=C. The van der Waals surface area contributed by atoms with Gasteiger partial charge in [-0.05, 0) is 63.9 Å². The lowest BCUT2D eigenvalue weighted by molar-refractivity contribution is -0.137. The largest absolute Gasteiger partial charge is 0.463 e. The Bertz CT molecular complexity index is 1390. The lowest BCUT2D eigenvalue weighted by Gasteiger charge is -2.41. The fourth-order valence-corrected chi connectivity index (χ4v) is 6.70. The van der Waals surface area contributed by atoms with Crippen LogP contribution in [0.1, 0.15) is 42.5 Å². The first-order valence-corrected chi connectivity index (χ1v) is 15.2. The fourth-order valence-electron chi connectivity index (χ4n) is 6.70. The summed E-state index contributed by atoms with van der Waals surface area (Å²) in [5, 5.41) is 0. The summed E-state index contributed by atoms with van der Waals surface area (Å²) in [6, 6.07) is 5.99. The van der Waals surface area contributed by atoms with Gasteiger partial charge in [-0.25, -0.2) is 6.57 Å². The Morgan fingerprint density at radius 3 is 2.70 bits per heavy atom. The van der Waals surface area contributed by atoms with Gasteiger partial charge in [-0.2, -0.15) is 23.1 Å². The van der Waals surface area contributed by atoms with E-state index in [1.54, 1.807) is 15.9 Å². The molecular weight excluding hydrogens is 571 g/mol. The molecule has 9 nitrogen and oxygen atoms in total. The second-order valence-corrected chi connectivity index (χ2v) is 12.1. The third-order valence-corrected chi connectivity index (χ3v) is 9.05. The topological polar surface area (TPSA) is 69.4 Å². The van der Waals surface area contributed by atoms with Crippen molar-refractivity contribution < 1.29 is 22.7 Å². The maximum atomic E-state index is 13.9. The highest BCUT2D eigenvalue weighted by atomic mass is 19.4. The molecule has 3 heterocycles. The van der Waals surface area contributed by atoms with E-state index in [-0.39, 0.29) is 36.7 Å². The van der Waals surface area contributed by atoms with Crippen molar-refractivity contribution in [2.45, 2.75) is 56.9 Å². The van der Waals surface area contributed by atoms with E-state index in [9.17, 15) is 18.0 Å². The first kappa shape index (κ1) is 31.6. The highest BCUT2D eigenvalue weighted by Gasteiger charge is 2.37. The molecule has 1 amide bonds. The second kappa shape index (κ2) is 13.4. The molecule has 1 saturated heterocycles. The summed E-state index contributed by atoms with van der Waals surface area (Å²) in [5.41, 5.74) is 0.952. The van der Waals surface area contributed by atoms with E-state index in [0.717, 1.165) is 37.3 Å². The molecule has 1 aliphatic carbocycles. The van der Waals surface area contributed by atoms with Gasteiger partial charge in [0.1, 0.15) is 11.9 Å². The van der Waals surface area contributed by atoms with Gasteiger partial charge >= 0.3 is 12.2 Å². The number of carbonyl (C=O) groups excluding carboxylic acids is 1. The van der Waals surface area contributed by atoms with E-state index in [2.05, 4.69) is 35.3 Å². The quantitative estimate of drug-likeness (QED) is 0.317. The molecule has 1 saturated carbocycles. The number of piperazine rings is 1. The Morgan fingerprint density at radius 2 is 1.98 bits per heavy atom. The average molecular weight is 612 g/mol. The van der Waals surface area contributed by atoms with Gasteiger partial charge in [-0.3, -0.25) is 4.79 Å². The molecule has 2 fully saturated rings. The molecule has 0 bridgehead atoms. The molecule has 2 aliphatic heterocycles. The Labute approximate surface area is 257 Å². The minimum Gasteiger partial charge on any atom is -0.463 e. The molecule has 0 spiro atoms. The van der Waals surface area contributed by atoms with Crippen molar-refractivity contribution in [1.29, 1.82) is 0 Å². The smallest absolute Gasteiger partial charge is 0.418 e. The Morgan fingerprint density at radius 1 is 1.18 bits per heavy atom. The minimum atomic E-state index is -4.48. The number of rotatable bonds is 8. The fraction of sp³-hybridized carbons (Fsp3) is 0.562. The van der Waals surface area contributed by atoms with Crippen LogP contribution in [0, 0.1) is 12.5 Å². The van der Waals surface area contributed by atoms with Crippen LogP contribution < -0.4 is 14.5 Å². The van der Waals surface area contributed by atoms with Crippen molar-refractivity contribution >= 4 is 17.4 Å². The van der Waals surface area contributed by atoms with E-state index in [0.29, 0.717) is 62.7 Å². The number of para-hydroxylation sites is 1. The second-order valence-electron chi connectivity index (χ2n) is 12.1. The number of ether oxygens (including phenoxy) is 1. The monoisotopic (exact) mass is 611 g/mol. The van der Waals surface area contributed by atoms with Crippen molar-refractivity contribution in [1.82, 2.24) is 19.8 Å². The van der Waals surface area contributed by atoms with Crippen LogP contribution >= 0.6 is 0 Å². The molecule has 1 aromatic carbocycles. The summed E-state index contributed by atoms with van der Waals surface area (Å²) >= 11 is 0. The molecule has 3 unspecified atom stereocenters. The van der Waals surface area contributed by atoms with Gasteiger partial charge in [0.05, 0.1) is 24.4 Å². The van der Waals surface area contributed by atoms with Crippen molar-refractivity contribution in [2.75, 3.05) is 63.2 Å². The number of amides is 1. The van der Waals surface area contributed by atoms with Crippen LogP contribution in [-0.2, 0) is 23.9 Å². The standard InChI is InChI=1S/C32H40F3N7O2/c1-5-29(43)42-16-15-41(19-24(42)18-36-2)30-25-13-14-40(28-12-7-6-11-26(28)32(33,34)35)20-27(25)37-31(38-30)44-21-22-9-8-10-23(17-22)39(3)4/h5-7,11-12,22-24H,1,8-10,13-21H2,3-4H3. The number of hydrogen-bond acceptors (Lipinski definition) is 7. The van der Waals surface area contributed by atoms with Crippen LogP contribution in [0.15, 0.2) is 36.9 Å². The first-order valence-electron chi connectivity index (χ1n) is 15.2. The number of nitrogens with zero attached hydrogens (tertiary/aromatic N) is 7. The van der Waals surface area contributed by atoms with Gasteiger partial charge in [0.15, 0.2) is 0 Å². The van der Waals surface area contributed by atoms with Crippen molar-refractivity contribution in [3.63, 3.8) is 0 Å². The number of carbonyl (C=O) groups is 1. The van der Waals surface area contributed by atoms with E-state index < -0.39 is 11.7 Å². The van der Waals surface area contributed by atoms with Gasteiger partial charge in [0, 0.05) is 43.5 Å². The van der Waals surface area contributed by atoms with Gasteiger partial charge in [-0.15, -0.1) is 0 Å². The van der Waals surface area contributed by atoms with E-state index in [1.165, 1.54) is 18.2 Å². The third-order valence-electron chi connectivity index (χ3n) is 9.05. The van der Waals surface area contributed by atoms with E-state index in [1.807, 2.05) is 0 Å². The number of benzene rings is 1. The number of halogens is 3. The van der Waals surface area contributed by atoms with Crippen molar-refractivity contribution in [3.8, 4) is 6.01 Å². The summed E-state index contributed by atoms with van der Waals surface area (Å²) in [6.07, 6.45) is 1.59. The average Bonchev–Trinajstić information content (AvgIpc) is 3.02. The molecule has 0 radical (unpaired) electrons. The van der Waals surface area contributed by atoms with Crippen LogP contribution in [0.3, 0.4) is 0 Å². The van der Waals surface area contributed by atoms with Gasteiger partial charge in [0.25, 0.3) is 0 Å². The predicted molar refractivity (Wildman–Crippen MR) is 163 cm³/mol. The van der Waals surface area contributed by atoms with Crippen molar-refractivity contribution in [3.05, 3.63) is 65.2 Å². The van der Waals surface area contributed by atoms with Crippen LogP contribution in [0.4, 0.5) is 24.7 Å². The van der Waals surface area contributed by atoms with Crippen LogP contribution in [0.5, 0.6) is 6.01 Å². The molecule has 1 aromatic heterocycles. The molecule has 2 aromatic rings. The number of fused-ring (bicyclic) bond motifs is 1. The van der Waals surface area contributed by atoms with Crippen LogP contribution in [0.25, 0.3) is 4.85 Å². The Hall–Kier alpha value is -3.85. The number of aromatic nitrogens is 2. The molecule has 12 heteroatoms. The third kappa shape index (κ3) is 6.93. The molecule has 236 valence electrons. The van der Waals surface area contributed by atoms with Gasteiger partial charge in [0.2, 0.25) is 12.5 Å². The first-order chi connectivity index (χ1) is 21.1. The summed E-state index contributed by atoms with van der Waals surface area (Å²) in [6.45, 7) is 13.5. The zero-order valence-corrected chi connectivity index (χ0v) is 25.4. The van der Waals surface area contributed by atoms with Crippen LogP contribution in [-0.4, -0.2) is 91.2 Å². The Balaban J connectivity index is 1.45. The summed E-state index contributed by atoms with van der Waals surface area (Å²) in [7, 11) is 4.19. The molecular formula is C32H40F3N7O2. The normalized spacial score (nSPS) is 22.4. The maximum absolute atomic E-state index is 13.9. The molecule has 5 rings (SSSR count). The van der Waals surface area contributed by atoms with E-state index in [4.69, 9.17) is 21.3 Å². The van der Waals surface area contributed by atoms with Crippen LogP contribution in [0.2, 0.25) is 0 Å². The summed E-state index contributed by atoms with van der Waals surface area (Å²) < 4.78 is 48.0. The molecule has 3 atom stereocenters. The number of alkyl halides is 3. The predicted octanol–water partition coefficient (Wildman–Crippen LogP) is 4.68. The van der Waals surface area contributed by atoms with Gasteiger partial charge in [-0.1, -0.05) is 25.1 Å². The number of anilines is 2. The van der Waals surface area contributed by atoms with Crippen molar-refractivity contribution in [2.24, 2.45) is 5.92 Å². The summed E-state index contributed by atoms with van der Waals surface area (Å²) in [4.78, 5) is 33.4. The highest BCUT2D eigenvalue weighted by molar-refractivity contribution is 5.87. The molecule has 3 aliphatic rings. The maximum Gasteiger partial charge on any atom is 0.418 e. The lowest BCUT2D eigenvalue weighted by Crippen LogP contribution is -2.56. The molecule has 0 N–H and O–H groups in total.